The molecule has 0 heterocycles. The van der Waals surface area contributed by atoms with Gasteiger partial charge in [0.1, 0.15) is 5.75 Å². The Bertz CT molecular complexity index is 385. The summed E-state index contributed by atoms with van der Waals surface area (Å²) in [6.07, 6.45) is 1.94. The molecule has 1 aromatic rings. The molecule has 2 unspecified atom stereocenters. The van der Waals surface area contributed by atoms with Crippen molar-refractivity contribution in [1.29, 1.82) is 0 Å². The zero-order valence-electron chi connectivity index (χ0n) is 12.9. The quantitative estimate of drug-likeness (QED) is 0.613. The highest BCUT2D eigenvalue weighted by atomic mass is 16.5. The first-order valence-corrected chi connectivity index (χ1v) is 6.96. The van der Waals surface area contributed by atoms with E-state index >= 15 is 0 Å². The van der Waals surface area contributed by atoms with Gasteiger partial charge in [0.2, 0.25) is 0 Å². The smallest absolute Gasteiger partial charge is 0.122 e. The maximum absolute atomic E-state index is 5.71. The van der Waals surface area contributed by atoms with E-state index in [2.05, 4.69) is 39.2 Å². The molecule has 0 aliphatic carbocycles. The second-order valence-electron chi connectivity index (χ2n) is 6.38. The zero-order valence-corrected chi connectivity index (χ0v) is 12.9. The third-order valence-corrected chi connectivity index (χ3v) is 4.01. The van der Waals surface area contributed by atoms with Crippen molar-refractivity contribution in [2.45, 2.75) is 46.6 Å². The van der Waals surface area contributed by atoms with Crippen LogP contribution in [0, 0.1) is 11.3 Å². The van der Waals surface area contributed by atoms with Crippen LogP contribution in [-0.4, -0.2) is 13.2 Å². The van der Waals surface area contributed by atoms with Crippen LogP contribution < -0.4 is 16.0 Å². The van der Waals surface area contributed by atoms with Gasteiger partial charge in [0.25, 0.3) is 0 Å². The van der Waals surface area contributed by atoms with Crippen LogP contribution in [0.4, 0.5) is 0 Å². The molecule has 0 spiro atoms. The summed E-state index contributed by atoms with van der Waals surface area (Å²) in [5.74, 6) is 7.25. The topological polar surface area (TPSA) is 47.3 Å². The molecule has 0 saturated heterocycles. The summed E-state index contributed by atoms with van der Waals surface area (Å²) >= 11 is 0. The molecule has 0 aliphatic heterocycles. The minimum atomic E-state index is 0.269. The molecule has 0 radical (unpaired) electrons. The lowest BCUT2D eigenvalue weighted by molar-refractivity contribution is 0.222. The van der Waals surface area contributed by atoms with E-state index in [1.165, 1.54) is 5.56 Å². The minimum absolute atomic E-state index is 0.269. The summed E-state index contributed by atoms with van der Waals surface area (Å²) in [6, 6.07) is 8.40. The van der Waals surface area contributed by atoms with Crippen LogP contribution in [-0.2, 0) is 6.42 Å². The Balaban J connectivity index is 2.72. The van der Waals surface area contributed by atoms with Crippen molar-refractivity contribution >= 4 is 0 Å². The summed E-state index contributed by atoms with van der Waals surface area (Å²) in [4.78, 5) is 0. The molecule has 0 aromatic heterocycles. The number of rotatable bonds is 6. The van der Waals surface area contributed by atoms with Gasteiger partial charge >= 0.3 is 0 Å². The van der Waals surface area contributed by atoms with Crippen LogP contribution in [0.1, 0.15) is 39.7 Å². The summed E-state index contributed by atoms with van der Waals surface area (Å²) in [6.45, 7) is 9.10. The Morgan fingerprint density at radius 2 is 1.89 bits per heavy atom. The first-order chi connectivity index (χ1) is 8.88. The number of hydrogen-bond donors (Lipinski definition) is 2. The summed E-state index contributed by atoms with van der Waals surface area (Å²) in [5.41, 5.74) is 4.45. The van der Waals surface area contributed by atoms with Crippen LogP contribution in [0.25, 0.3) is 0 Å². The lowest BCUT2D eigenvalue weighted by atomic mass is 9.78. The third kappa shape index (κ3) is 4.84. The molecule has 2 atom stereocenters. The van der Waals surface area contributed by atoms with Crippen molar-refractivity contribution in [2.24, 2.45) is 17.2 Å². The van der Waals surface area contributed by atoms with Crippen molar-refractivity contribution in [3.8, 4) is 5.75 Å². The Morgan fingerprint density at radius 3 is 2.42 bits per heavy atom. The van der Waals surface area contributed by atoms with Crippen molar-refractivity contribution < 1.29 is 4.74 Å². The Morgan fingerprint density at radius 1 is 1.26 bits per heavy atom. The molecule has 0 saturated carbocycles. The van der Waals surface area contributed by atoms with Crippen molar-refractivity contribution in [1.82, 2.24) is 5.43 Å². The van der Waals surface area contributed by atoms with Crippen molar-refractivity contribution in [3.05, 3.63) is 29.8 Å². The number of hydrazine groups is 1. The van der Waals surface area contributed by atoms with Crippen molar-refractivity contribution in [3.63, 3.8) is 0 Å². The zero-order chi connectivity index (χ0) is 14.5. The molecule has 0 aliphatic rings. The second kappa shape index (κ2) is 6.92. The molecule has 1 rings (SSSR count). The van der Waals surface area contributed by atoms with Crippen LogP contribution >= 0.6 is 0 Å². The first-order valence-electron chi connectivity index (χ1n) is 6.96. The van der Waals surface area contributed by atoms with E-state index in [9.17, 15) is 0 Å². The Hall–Kier alpha value is -1.06. The molecular formula is C16H28N2O. The van der Waals surface area contributed by atoms with E-state index in [0.717, 1.165) is 18.6 Å². The lowest BCUT2D eigenvalue weighted by Gasteiger charge is -2.30. The van der Waals surface area contributed by atoms with Gasteiger partial charge in [0.15, 0.2) is 0 Å². The summed E-state index contributed by atoms with van der Waals surface area (Å²) in [7, 11) is 1.71. The third-order valence-electron chi connectivity index (χ3n) is 4.01. The van der Waals surface area contributed by atoms with Gasteiger partial charge in [-0.25, -0.2) is 0 Å². The maximum Gasteiger partial charge on any atom is 0.122 e. The number of nitrogens with two attached hydrogens (primary N) is 1. The van der Waals surface area contributed by atoms with E-state index in [0.29, 0.717) is 11.3 Å². The highest BCUT2D eigenvalue weighted by Gasteiger charge is 2.23. The number of methoxy groups -OCH3 is 1. The fraction of sp³-hybridized carbons (Fsp3) is 0.625. The first kappa shape index (κ1) is 16.0. The average Bonchev–Trinajstić information content (AvgIpc) is 2.37. The second-order valence-corrected chi connectivity index (χ2v) is 6.38. The number of para-hydroxylation sites is 1. The highest BCUT2D eigenvalue weighted by molar-refractivity contribution is 5.33. The van der Waals surface area contributed by atoms with Gasteiger partial charge in [-0.1, -0.05) is 45.9 Å². The normalized spacial score (nSPS) is 15.1. The highest BCUT2D eigenvalue weighted by Crippen LogP contribution is 2.30. The van der Waals surface area contributed by atoms with Crippen LogP contribution in [0.15, 0.2) is 24.3 Å². The number of benzene rings is 1. The minimum Gasteiger partial charge on any atom is -0.496 e. The Kier molecular flexibility index (Phi) is 5.83. The van der Waals surface area contributed by atoms with Gasteiger partial charge in [-0.3, -0.25) is 11.3 Å². The van der Waals surface area contributed by atoms with E-state index in [4.69, 9.17) is 10.6 Å². The Labute approximate surface area is 117 Å². The fourth-order valence-electron chi connectivity index (χ4n) is 2.13. The van der Waals surface area contributed by atoms with E-state index in [1.54, 1.807) is 7.11 Å². The summed E-state index contributed by atoms with van der Waals surface area (Å²) in [5, 5.41) is 0. The molecule has 19 heavy (non-hydrogen) atoms. The van der Waals surface area contributed by atoms with Crippen molar-refractivity contribution in [2.75, 3.05) is 7.11 Å². The molecule has 3 N–H and O–H groups in total. The van der Waals surface area contributed by atoms with Gasteiger partial charge in [-0.15, -0.1) is 0 Å². The van der Waals surface area contributed by atoms with Crippen LogP contribution in [0.2, 0.25) is 0 Å². The molecule has 1 aromatic carbocycles. The summed E-state index contributed by atoms with van der Waals surface area (Å²) < 4.78 is 5.39. The molecule has 0 bridgehead atoms. The fourth-order valence-corrected chi connectivity index (χ4v) is 2.13. The largest absolute Gasteiger partial charge is 0.496 e. The lowest BCUT2D eigenvalue weighted by Crippen LogP contribution is -2.39. The SMILES string of the molecule is COc1ccccc1CC(CC(C)C(C)(C)C)NN. The molecule has 3 nitrogen and oxygen atoms in total. The monoisotopic (exact) mass is 264 g/mol. The van der Waals surface area contributed by atoms with E-state index in [-0.39, 0.29) is 6.04 Å². The average molecular weight is 264 g/mol. The predicted octanol–water partition coefficient (Wildman–Crippen LogP) is 3.14. The van der Waals surface area contributed by atoms with Gasteiger partial charge in [-0.2, -0.15) is 0 Å². The molecule has 0 fully saturated rings. The van der Waals surface area contributed by atoms with Gasteiger partial charge in [-0.05, 0) is 35.8 Å². The standard InChI is InChI=1S/C16H28N2O/c1-12(16(2,3)4)10-14(18-17)11-13-8-6-7-9-15(13)19-5/h6-9,12,14,18H,10-11,17H2,1-5H3. The predicted molar refractivity (Wildman–Crippen MR) is 81.0 cm³/mol. The van der Waals surface area contributed by atoms with Crippen LogP contribution in [0.5, 0.6) is 5.75 Å². The molecule has 108 valence electrons. The van der Waals surface area contributed by atoms with E-state index in [1.807, 2.05) is 18.2 Å². The van der Waals surface area contributed by atoms with Crippen LogP contribution in [0.3, 0.4) is 0 Å². The maximum atomic E-state index is 5.71. The molecule has 3 heteroatoms. The number of ether oxygens (including phenoxy) is 1. The van der Waals surface area contributed by atoms with Gasteiger partial charge in [0.05, 0.1) is 7.11 Å². The number of nitrogens with one attached hydrogen (secondary N) is 1. The number of hydrogen-bond acceptors (Lipinski definition) is 3. The van der Waals surface area contributed by atoms with E-state index < -0.39 is 0 Å². The molecular weight excluding hydrogens is 236 g/mol. The van der Waals surface area contributed by atoms with Gasteiger partial charge < -0.3 is 4.74 Å². The molecule has 0 amide bonds. The van der Waals surface area contributed by atoms with Gasteiger partial charge in [0, 0.05) is 6.04 Å².